The van der Waals surface area contributed by atoms with Gasteiger partial charge in [-0.3, -0.25) is 4.79 Å². The van der Waals surface area contributed by atoms with Crippen LogP contribution in [0, 0.1) is 0 Å². The Kier molecular flexibility index (Phi) is 4.42. The van der Waals surface area contributed by atoms with Gasteiger partial charge in [0, 0.05) is 6.54 Å². The first-order chi connectivity index (χ1) is 7.78. The van der Waals surface area contributed by atoms with Gasteiger partial charge in [-0.25, -0.2) is 8.42 Å². The summed E-state index contributed by atoms with van der Waals surface area (Å²) in [4.78, 5) is 11.0. The number of morpholine rings is 1. The molecule has 0 radical (unpaired) electrons. The van der Waals surface area contributed by atoms with Gasteiger partial charge in [0.2, 0.25) is 15.9 Å². The molecule has 98 valence electrons. The molecule has 1 fully saturated rings. The largest absolute Gasteiger partial charge is 0.392 e. The van der Waals surface area contributed by atoms with Crippen LogP contribution in [0.3, 0.4) is 0 Å². The highest BCUT2D eigenvalue weighted by atomic mass is 32.2. The predicted octanol–water partition coefficient (Wildman–Crippen LogP) is -1.82. The van der Waals surface area contributed by atoms with E-state index in [1.54, 1.807) is 0 Å². The predicted molar refractivity (Wildman–Crippen MR) is 65.7 cm³/mol. The summed E-state index contributed by atoms with van der Waals surface area (Å²) in [6, 6.07) is -0.995. The lowest BCUT2D eigenvalue weighted by atomic mass is 10.3. The summed E-state index contributed by atoms with van der Waals surface area (Å²) in [5.74, 6) is -0.747. The van der Waals surface area contributed by atoms with Crippen molar-refractivity contribution in [3.05, 3.63) is 0 Å². The summed E-state index contributed by atoms with van der Waals surface area (Å²) in [6.07, 6.45) is 0. The lowest BCUT2D eigenvalue weighted by Crippen LogP contribution is -2.57. The Morgan fingerprint density at radius 1 is 1.53 bits per heavy atom. The molecular formula is C8H15N3O4S2. The van der Waals surface area contributed by atoms with Crippen LogP contribution in [-0.2, 0) is 19.6 Å². The van der Waals surface area contributed by atoms with E-state index in [0.717, 1.165) is 4.31 Å². The summed E-state index contributed by atoms with van der Waals surface area (Å²) in [5, 5.41) is -1.03. The van der Waals surface area contributed by atoms with E-state index >= 15 is 0 Å². The number of hydrogen-bond acceptors (Lipinski definition) is 5. The summed E-state index contributed by atoms with van der Waals surface area (Å²) in [6.45, 7) is 1.62. The minimum Gasteiger partial charge on any atom is -0.392 e. The van der Waals surface area contributed by atoms with E-state index in [0.29, 0.717) is 0 Å². The van der Waals surface area contributed by atoms with Crippen LogP contribution in [0.4, 0.5) is 0 Å². The Bertz CT molecular complexity index is 422. The van der Waals surface area contributed by atoms with E-state index in [9.17, 15) is 13.2 Å². The van der Waals surface area contributed by atoms with Crippen LogP contribution in [0.2, 0.25) is 0 Å². The fourth-order valence-corrected chi connectivity index (χ4v) is 3.38. The van der Waals surface area contributed by atoms with Gasteiger partial charge in [0.25, 0.3) is 0 Å². The third-order valence-electron chi connectivity index (χ3n) is 2.58. The van der Waals surface area contributed by atoms with E-state index in [1.807, 2.05) is 0 Å². The monoisotopic (exact) mass is 281 g/mol. The molecule has 7 nitrogen and oxygen atoms in total. The Labute approximate surface area is 105 Å². The molecule has 17 heavy (non-hydrogen) atoms. The number of carbonyl (C=O) groups is 1. The van der Waals surface area contributed by atoms with Gasteiger partial charge in [-0.15, -0.1) is 0 Å². The standard InChI is InChI=1S/C8H15N3O4S2/c1-5(8(10)16)17(13,14)11-2-3-15-4-6(11)7(9)12/h5-6H,2-4H2,1H3,(H2,9,12)(H2,10,16). The minimum atomic E-state index is -3.77. The quantitative estimate of drug-likeness (QED) is 0.586. The van der Waals surface area contributed by atoms with Crippen molar-refractivity contribution in [3.63, 3.8) is 0 Å². The molecule has 1 heterocycles. The number of primary amides is 1. The van der Waals surface area contributed by atoms with Gasteiger partial charge in [-0.2, -0.15) is 4.31 Å². The van der Waals surface area contributed by atoms with Gasteiger partial charge < -0.3 is 16.2 Å². The zero-order valence-electron chi connectivity index (χ0n) is 9.33. The molecule has 2 unspecified atom stereocenters. The van der Waals surface area contributed by atoms with E-state index < -0.39 is 27.2 Å². The van der Waals surface area contributed by atoms with E-state index in [-0.39, 0.29) is 24.7 Å². The fraction of sp³-hybridized carbons (Fsp3) is 0.750. The molecule has 0 aromatic rings. The number of ether oxygens (including phenoxy) is 1. The summed E-state index contributed by atoms with van der Waals surface area (Å²) in [7, 11) is -3.77. The molecular weight excluding hydrogens is 266 g/mol. The van der Waals surface area contributed by atoms with Crippen molar-refractivity contribution in [2.24, 2.45) is 11.5 Å². The molecule has 0 bridgehead atoms. The highest BCUT2D eigenvalue weighted by molar-refractivity contribution is 7.92. The highest BCUT2D eigenvalue weighted by Crippen LogP contribution is 2.16. The minimum absolute atomic E-state index is 0.0430. The molecule has 0 saturated carbocycles. The lowest BCUT2D eigenvalue weighted by molar-refractivity contribution is -0.125. The van der Waals surface area contributed by atoms with Crippen LogP contribution in [0.25, 0.3) is 0 Å². The van der Waals surface area contributed by atoms with Crippen LogP contribution in [0.1, 0.15) is 6.92 Å². The third-order valence-corrected chi connectivity index (χ3v) is 5.32. The number of carbonyl (C=O) groups excluding carboxylic acids is 1. The van der Waals surface area contributed by atoms with Crippen molar-refractivity contribution in [1.82, 2.24) is 4.31 Å². The molecule has 1 aliphatic rings. The van der Waals surface area contributed by atoms with Gasteiger partial charge >= 0.3 is 0 Å². The van der Waals surface area contributed by atoms with Crippen LogP contribution < -0.4 is 11.5 Å². The molecule has 0 aromatic carbocycles. The van der Waals surface area contributed by atoms with Gasteiger partial charge in [-0.1, -0.05) is 12.2 Å². The first-order valence-electron chi connectivity index (χ1n) is 4.95. The number of nitrogens with zero attached hydrogens (tertiary/aromatic N) is 1. The van der Waals surface area contributed by atoms with Gasteiger partial charge in [0.1, 0.15) is 11.3 Å². The Hall–Kier alpha value is -0.770. The zero-order valence-corrected chi connectivity index (χ0v) is 11.0. The van der Waals surface area contributed by atoms with E-state index in [4.69, 9.17) is 16.2 Å². The van der Waals surface area contributed by atoms with Crippen molar-refractivity contribution in [3.8, 4) is 0 Å². The molecule has 0 aliphatic carbocycles. The smallest absolute Gasteiger partial charge is 0.238 e. The van der Waals surface area contributed by atoms with E-state index in [1.165, 1.54) is 6.92 Å². The van der Waals surface area contributed by atoms with Crippen LogP contribution in [0.5, 0.6) is 0 Å². The van der Waals surface area contributed by atoms with E-state index in [2.05, 4.69) is 12.2 Å². The average Bonchev–Trinajstić information content (AvgIpc) is 2.27. The summed E-state index contributed by atoms with van der Waals surface area (Å²) >= 11 is 4.66. The molecule has 2 atom stereocenters. The highest BCUT2D eigenvalue weighted by Gasteiger charge is 2.39. The van der Waals surface area contributed by atoms with Crippen molar-refractivity contribution < 1.29 is 17.9 Å². The fourth-order valence-electron chi connectivity index (χ4n) is 1.47. The first kappa shape index (κ1) is 14.3. The Balaban J connectivity index is 3.03. The zero-order chi connectivity index (χ0) is 13.2. The molecule has 1 aliphatic heterocycles. The molecule has 1 amide bonds. The van der Waals surface area contributed by atoms with Crippen LogP contribution in [0.15, 0.2) is 0 Å². The Morgan fingerprint density at radius 3 is 2.59 bits per heavy atom. The maximum Gasteiger partial charge on any atom is 0.238 e. The summed E-state index contributed by atoms with van der Waals surface area (Å²) in [5.41, 5.74) is 10.5. The second-order valence-corrected chi connectivity index (χ2v) is 6.37. The van der Waals surface area contributed by atoms with Crippen molar-refractivity contribution in [1.29, 1.82) is 0 Å². The van der Waals surface area contributed by atoms with Gasteiger partial charge in [0.05, 0.1) is 18.2 Å². The van der Waals surface area contributed by atoms with Crippen LogP contribution >= 0.6 is 12.2 Å². The van der Waals surface area contributed by atoms with Crippen molar-refractivity contribution in [2.45, 2.75) is 18.2 Å². The van der Waals surface area contributed by atoms with Gasteiger partial charge in [0.15, 0.2) is 0 Å². The summed E-state index contributed by atoms with van der Waals surface area (Å²) < 4.78 is 30.3. The molecule has 9 heteroatoms. The lowest BCUT2D eigenvalue weighted by Gasteiger charge is -2.34. The SMILES string of the molecule is CC(C(N)=S)S(=O)(=O)N1CCOCC1C(N)=O. The molecule has 0 aromatic heterocycles. The number of rotatable bonds is 4. The average molecular weight is 281 g/mol. The number of thiocarbonyl (C=S) groups is 1. The van der Waals surface area contributed by atoms with Gasteiger partial charge in [-0.05, 0) is 6.92 Å². The van der Waals surface area contributed by atoms with Crippen molar-refractivity contribution >= 4 is 33.1 Å². The Morgan fingerprint density at radius 2 is 2.12 bits per heavy atom. The number of amides is 1. The number of nitrogens with two attached hydrogens (primary N) is 2. The maximum atomic E-state index is 12.1. The van der Waals surface area contributed by atoms with Crippen LogP contribution in [-0.4, -0.2) is 54.7 Å². The molecule has 1 rings (SSSR count). The second-order valence-electron chi connectivity index (χ2n) is 3.69. The number of hydrogen-bond donors (Lipinski definition) is 2. The molecule has 4 N–H and O–H groups in total. The number of sulfonamides is 1. The normalized spacial score (nSPS) is 24.2. The topological polar surface area (TPSA) is 116 Å². The maximum absolute atomic E-state index is 12.1. The third kappa shape index (κ3) is 2.92. The molecule has 1 saturated heterocycles. The van der Waals surface area contributed by atoms with Crippen molar-refractivity contribution in [2.75, 3.05) is 19.8 Å². The first-order valence-corrected chi connectivity index (χ1v) is 6.86. The molecule has 0 spiro atoms. The second kappa shape index (κ2) is 5.25.